The Kier molecular flexibility index (Phi) is 6.09. The summed E-state index contributed by atoms with van der Waals surface area (Å²) in [6, 6.07) is 8.83. The van der Waals surface area contributed by atoms with Gasteiger partial charge in [-0.05, 0) is 30.3 Å². The largest absolute Gasteiger partial charge is 0.508 e. The molecule has 30 heavy (non-hydrogen) atoms. The highest BCUT2D eigenvalue weighted by atomic mass is 19.4. The number of para-hydroxylation sites is 1. The Labute approximate surface area is 168 Å². The van der Waals surface area contributed by atoms with E-state index in [0.29, 0.717) is 0 Å². The molecule has 4 N–H and O–H groups in total. The van der Waals surface area contributed by atoms with Crippen LogP contribution in [-0.2, 0) is 10.9 Å². The highest BCUT2D eigenvalue weighted by Crippen LogP contribution is 2.36. The van der Waals surface area contributed by atoms with Gasteiger partial charge in [-0.1, -0.05) is 12.1 Å². The molecule has 1 aromatic heterocycles. The third kappa shape index (κ3) is 4.61. The Hall–Kier alpha value is -3.37. The minimum absolute atomic E-state index is 0.114. The maximum Gasteiger partial charge on any atom is 0.418 e. The van der Waals surface area contributed by atoms with Crippen LogP contribution in [0.4, 0.5) is 24.5 Å². The van der Waals surface area contributed by atoms with Gasteiger partial charge < -0.3 is 25.4 Å². The molecular formula is C20H17F3N2O5. The highest BCUT2D eigenvalue weighted by Gasteiger charge is 2.33. The number of carbonyl (C=O) groups excluding carboxylic acids is 1. The summed E-state index contributed by atoms with van der Waals surface area (Å²) in [5, 5.41) is 30.9. The zero-order chi connectivity index (χ0) is 21.9. The summed E-state index contributed by atoms with van der Waals surface area (Å²) in [7, 11) is 0. The van der Waals surface area contributed by atoms with Crippen molar-refractivity contribution in [2.24, 2.45) is 0 Å². The van der Waals surface area contributed by atoms with Crippen molar-refractivity contribution in [3.63, 3.8) is 0 Å². The summed E-state index contributed by atoms with van der Waals surface area (Å²) < 4.78 is 44.8. The smallest absolute Gasteiger partial charge is 0.418 e. The molecule has 1 heterocycles. The van der Waals surface area contributed by atoms with Gasteiger partial charge in [-0.2, -0.15) is 13.2 Å². The van der Waals surface area contributed by atoms with Crippen molar-refractivity contribution in [2.75, 3.05) is 18.5 Å². The molecule has 0 aliphatic carbocycles. The molecular weight excluding hydrogens is 405 g/mol. The minimum Gasteiger partial charge on any atom is -0.508 e. The van der Waals surface area contributed by atoms with Crippen LogP contribution in [-0.4, -0.2) is 45.6 Å². The fraction of sp³-hybridized carbons (Fsp3) is 0.200. The van der Waals surface area contributed by atoms with E-state index in [0.717, 1.165) is 12.1 Å². The average molecular weight is 422 g/mol. The lowest BCUT2D eigenvalue weighted by Crippen LogP contribution is -2.22. The predicted octanol–water partition coefficient (Wildman–Crippen LogP) is 3.21. The molecule has 2 aromatic carbocycles. The molecule has 158 valence electrons. The predicted molar refractivity (Wildman–Crippen MR) is 102 cm³/mol. The van der Waals surface area contributed by atoms with E-state index in [1.807, 2.05) is 0 Å². The molecule has 0 aliphatic heterocycles. The lowest BCUT2D eigenvalue weighted by atomic mass is 10.1. The van der Waals surface area contributed by atoms with E-state index in [1.54, 1.807) is 0 Å². The first-order valence-corrected chi connectivity index (χ1v) is 8.71. The van der Waals surface area contributed by atoms with E-state index in [4.69, 9.17) is 9.84 Å². The topological polar surface area (TPSA) is 112 Å². The number of ether oxygens (including phenoxy) is 1. The summed E-state index contributed by atoms with van der Waals surface area (Å²) in [5.74, 6) is -1.15. The molecule has 1 unspecified atom stereocenters. The first-order valence-electron chi connectivity index (χ1n) is 8.71. The Morgan fingerprint density at radius 1 is 1.17 bits per heavy atom. The maximum atomic E-state index is 13.3. The highest BCUT2D eigenvalue weighted by molar-refractivity contribution is 6.00. The van der Waals surface area contributed by atoms with Crippen LogP contribution < -0.4 is 5.32 Å². The van der Waals surface area contributed by atoms with Gasteiger partial charge in [0.15, 0.2) is 0 Å². The molecule has 7 nitrogen and oxygen atoms in total. The lowest BCUT2D eigenvalue weighted by molar-refractivity contribution is -0.136. The monoisotopic (exact) mass is 422 g/mol. The van der Waals surface area contributed by atoms with Crippen LogP contribution in [0.5, 0.6) is 5.75 Å². The molecule has 0 amide bonds. The Bertz CT molecular complexity index is 1070. The number of aliphatic hydroxyl groups is 2. The van der Waals surface area contributed by atoms with Crippen molar-refractivity contribution in [2.45, 2.75) is 12.3 Å². The Morgan fingerprint density at radius 2 is 1.93 bits per heavy atom. The molecule has 3 aromatic rings. The number of carbonyl (C=O) groups is 1. The maximum absolute atomic E-state index is 13.3. The second-order valence-corrected chi connectivity index (χ2v) is 6.35. The van der Waals surface area contributed by atoms with E-state index in [-0.39, 0.29) is 33.6 Å². The van der Waals surface area contributed by atoms with Crippen LogP contribution in [0, 0.1) is 0 Å². The van der Waals surface area contributed by atoms with Gasteiger partial charge in [0.1, 0.15) is 18.5 Å². The number of rotatable bonds is 6. The molecule has 0 fully saturated rings. The number of nitrogens with zero attached hydrogens (tertiary/aromatic N) is 1. The van der Waals surface area contributed by atoms with Gasteiger partial charge in [-0.15, -0.1) is 0 Å². The van der Waals surface area contributed by atoms with Crippen molar-refractivity contribution in [1.82, 2.24) is 4.98 Å². The number of halogens is 3. The SMILES string of the molecule is O=C(OCC(O)CO)c1cc(O)ccc1Nc1ccnc2c(C(F)(F)F)cccc12. The van der Waals surface area contributed by atoms with Crippen LogP contribution in [0.2, 0.25) is 0 Å². The average Bonchev–Trinajstić information content (AvgIpc) is 2.72. The number of anilines is 2. The van der Waals surface area contributed by atoms with Crippen molar-refractivity contribution < 1.29 is 38.0 Å². The van der Waals surface area contributed by atoms with Gasteiger partial charge in [-0.3, -0.25) is 4.98 Å². The third-order valence-electron chi connectivity index (χ3n) is 4.19. The third-order valence-corrected chi connectivity index (χ3v) is 4.19. The molecule has 0 aliphatic rings. The summed E-state index contributed by atoms with van der Waals surface area (Å²) in [5.41, 5.74) is -0.865. The van der Waals surface area contributed by atoms with Crippen LogP contribution in [0.15, 0.2) is 48.7 Å². The van der Waals surface area contributed by atoms with Gasteiger partial charge in [-0.25, -0.2) is 4.79 Å². The summed E-state index contributed by atoms with van der Waals surface area (Å²) >= 11 is 0. The zero-order valence-corrected chi connectivity index (χ0v) is 15.3. The van der Waals surface area contributed by atoms with Crippen LogP contribution >= 0.6 is 0 Å². The van der Waals surface area contributed by atoms with Gasteiger partial charge >= 0.3 is 12.1 Å². The number of nitrogens with one attached hydrogen (secondary N) is 1. The van der Waals surface area contributed by atoms with Gasteiger partial charge in [0.05, 0.1) is 28.9 Å². The fourth-order valence-electron chi connectivity index (χ4n) is 2.77. The number of benzene rings is 2. The number of alkyl halides is 3. The molecule has 1 atom stereocenters. The van der Waals surface area contributed by atoms with Crippen LogP contribution in [0.25, 0.3) is 10.9 Å². The molecule has 0 saturated heterocycles. The van der Waals surface area contributed by atoms with Crippen LogP contribution in [0.3, 0.4) is 0 Å². The molecule has 0 radical (unpaired) electrons. The number of esters is 1. The van der Waals surface area contributed by atoms with Crippen LogP contribution in [0.1, 0.15) is 15.9 Å². The molecule has 0 spiro atoms. The number of pyridine rings is 1. The summed E-state index contributed by atoms with van der Waals surface area (Å²) in [6.45, 7) is -1.08. The Balaban J connectivity index is 1.99. The van der Waals surface area contributed by atoms with Gasteiger partial charge in [0.2, 0.25) is 0 Å². The van der Waals surface area contributed by atoms with Crippen molar-refractivity contribution >= 4 is 28.2 Å². The number of aliphatic hydroxyl groups excluding tert-OH is 2. The lowest BCUT2D eigenvalue weighted by Gasteiger charge is -2.16. The molecule has 0 saturated carbocycles. The zero-order valence-electron chi connectivity index (χ0n) is 15.3. The fourth-order valence-corrected chi connectivity index (χ4v) is 2.77. The van der Waals surface area contributed by atoms with Crippen molar-refractivity contribution in [3.05, 3.63) is 59.8 Å². The summed E-state index contributed by atoms with van der Waals surface area (Å²) in [4.78, 5) is 16.2. The molecule has 0 bridgehead atoms. The molecule has 3 rings (SSSR count). The second kappa shape index (κ2) is 8.56. The van der Waals surface area contributed by atoms with E-state index in [9.17, 15) is 28.2 Å². The normalized spacial score (nSPS) is 12.6. The second-order valence-electron chi connectivity index (χ2n) is 6.35. The first-order chi connectivity index (χ1) is 14.2. The van der Waals surface area contributed by atoms with Crippen molar-refractivity contribution in [3.8, 4) is 5.75 Å². The number of hydrogen-bond acceptors (Lipinski definition) is 7. The number of fused-ring (bicyclic) bond motifs is 1. The number of aromatic hydroxyl groups is 1. The molecule has 10 heteroatoms. The Morgan fingerprint density at radius 3 is 2.63 bits per heavy atom. The number of phenols is 1. The number of hydrogen-bond donors (Lipinski definition) is 4. The number of phenolic OH excluding ortho intramolecular Hbond substituents is 1. The van der Waals surface area contributed by atoms with E-state index >= 15 is 0 Å². The van der Waals surface area contributed by atoms with E-state index in [2.05, 4.69) is 10.3 Å². The van der Waals surface area contributed by atoms with Gasteiger partial charge in [0.25, 0.3) is 0 Å². The van der Waals surface area contributed by atoms with E-state index < -0.39 is 37.0 Å². The van der Waals surface area contributed by atoms with Gasteiger partial charge in [0, 0.05) is 17.3 Å². The quantitative estimate of drug-likeness (QED) is 0.357. The van der Waals surface area contributed by atoms with Crippen molar-refractivity contribution in [1.29, 1.82) is 0 Å². The minimum atomic E-state index is -4.59. The first kappa shape index (κ1) is 21.3. The number of aromatic nitrogens is 1. The summed E-state index contributed by atoms with van der Waals surface area (Å²) in [6.07, 6.45) is -4.66. The standard InChI is InChI=1S/C20H17F3N2O5/c21-20(22,23)15-3-1-2-13-17(6-7-24-18(13)15)25-16-5-4-11(27)8-14(16)19(29)30-10-12(28)9-26/h1-8,12,26-28H,9-10H2,(H,24,25). The van der Waals surface area contributed by atoms with E-state index in [1.165, 1.54) is 36.5 Å².